The number of anilines is 2. The summed E-state index contributed by atoms with van der Waals surface area (Å²) in [5.41, 5.74) is -0.779. The molecule has 0 fully saturated rings. The molecular formula is C20H28Cl2N6O2. The highest BCUT2D eigenvalue weighted by molar-refractivity contribution is 6.01. The highest BCUT2D eigenvalue weighted by atomic mass is 35.5. The van der Waals surface area contributed by atoms with Crippen LogP contribution >= 0.6 is 24.8 Å². The zero-order chi connectivity index (χ0) is 20.9. The average Bonchev–Trinajstić information content (AvgIpc) is 2.60. The standard InChI is InChI=1S/C20H26N6O2.2ClH/c1-19(2,17(21)23-13-7-5-9-15(27)11-13)25-26-20(3,4)18(22)24-14-8-6-10-16(28)12-14;;/h5-12,27-28H,1-4H3,(H2,21,23)(H2,22,24);2*1H/b26-25+;;. The lowest BCUT2D eigenvalue weighted by molar-refractivity contribution is 0.475. The number of halogens is 2. The van der Waals surface area contributed by atoms with Crippen molar-refractivity contribution in [2.24, 2.45) is 10.2 Å². The molecule has 0 spiro atoms. The van der Waals surface area contributed by atoms with Crippen LogP contribution in [0.4, 0.5) is 11.4 Å². The number of phenolic OH excluding ortho intramolecular Hbond substituents is 2. The lowest BCUT2D eigenvalue weighted by atomic mass is 10.0. The Morgan fingerprint density at radius 3 is 1.37 bits per heavy atom. The molecule has 8 nitrogen and oxygen atoms in total. The molecule has 0 saturated heterocycles. The molecule has 0 aliphatic heterocycles. The van der Waals surface area contributed by atoms with Crippen LogP contribution in [0.3, 0.4) is 0 Å². The van der Waals surface area contributed by atoms with Gasteiger partial charge >= 0.3 is 0 Å². The summed E-state index contributed by atoms with van der Waals surface area (Å²) in [6, 6.07) is 13.0. The molecule has 164 valence electrons. The van der Waals surface area contributed by atoms with Gasteiger partial charge in [0.2, 0.25) is 0 Å². The van der Waals surface area contributed by atoms with Gasteiger partial charge in [-0.2, -0.15) is 10.2 Å². The van der Waals surface area contributed by atoms with Crippen LogP contribution in [-0.4, -0.2) is 33.0 Å². The molecule has 0 saturated carbocycles. The van der Waals surface area contributed by atoms with Crippen LogP contribution < -0.4 is 10.6 Å². The maximum Gasteiger partial charge on any atom is 0.133 e. The van der Waals surface area contributed by atoms with Crippen molar-refractivity contribution in [3.8, 4) is 11.5 Å². The lowest BCUT2D eigenvalue weighted by Crippen LogP contribution is -2.38. The average molecular weight is 455 g/mol. The summed E-state index contributed by atoms with van der Waals surface area (Å²) in [5, 5.41) is 50.0. The Morgan fingerprint density at radius 1 is 0.733 bits per heavy atom. The van der Waals surface area contributed by atoms with E-state index in [9.17, 15) is 10.2 Å². The summed E-state index contributed by atoms with van der Waals surface area (Å²) < 4.78 is 0. The summed E-state index contributed by atoms with van der Waals surface area (Å²) in [5.74, 6) is 0.407. The van der Waals surface area contributed by atoms with Crippen molar-refractivity contribution in [1.29, 1.82) is 10.8 Å². The molecule has 0 bridgehead atoms. The fourth-order valence-electron chi connectivity index (χ4n) is 2.11. The number of azo groups is 1. The second kappa shape index (κ2) is 10.8. The first-order chi connectivity index (χ1) is 13.0. The minimum absolute atomic E-state index is 0. The quantitative estimate of drug-likeness (QED) is 0.197. The Labute approximate surface area is 188 Å². The summed E-state index contributed by atoms with van der Waals surface area (Å²) >= 11 is 0. The normalized spacial score (nSPS) is 11.2. The fourth-order valence-corrected chi connectivity index (χ4v) is 2.11. The van der Waals surface area contributed by atoms with Gasteiger partial charge in [-0.1, -0.05) is 12.1 Å². The molecule has 0 aromatic heterocycles. The van der Waals surface area contributed by atoms with E-state index in [1.54, 1.807) is 64.1 Å². The number of hydrogen-bond donors (Lipinski definition) is 6. The topological polar surface area (TPSA) is 137 Å². The molecule has 6 N–H and O–H groups in total. The predicted molar refractivity (Wildman–Crippen MR) is 126 cm³/mol. The third kappa shape index (κ3) is 7.53. The van der Waals surface area contributed by atoms with Crippen LogP contribution in [0, 0.1) is 10.8 Å². The Hall–Kier alpha value is -2.84. The number of rotatable bonds is 6. The molecule has 0 unspecified atom stereocenters. The predicted octanol–water partition coefficient (Wildman–Crippen LogP) is 5.43. The van der Waals surface area contributed by atoms with E-state index in [1.807, 2.05) is 0 Å². The van der Waals surface area contributed by atoms with Gasteiger partial charge in [-0.15, -0.1) is 24.8 Å². The van der Waals surface area contributed by atoms with Gasteiger partial charge in [-0.05, 0) is 52.0 Å². The Balaban J connectivity index is 0.00000420. The molecule has 10 heteroatoms. The van der Waals surface area contributed by atoms with Crippen LogP contribution in [0.1, 0.15) is 27.7 Å². The Bertz CT molecular complexity index is 842. The van der Waals surface area contributed by atoms with Crippen molar-refractivity contribution in [3.05, 3.63) is 48.5 Å². The minimum atomic E-state index is -0.964. The molecule has 0 aliphatic carbocycles. The van der Waals surface area contributed by atoms with E-state index in [2.05, 4.69) is 20.9 Å². The summed E-state index contributed by atoms with van der Waals surface area (Å²) in [6.07, 6.45) is 0. The van der Waals surface area contributed by atoms with E-state index in [0.29, 0.717) is 11.4 Å². The van der Waals surface area contributed by atoms with Crippen LogP contribution in [0.25, 0.3) is 0 Å². The number of hydrogen-bond acceptors (Lipinski definition) is 6. The summed E-state index contributed by atoms with van der Waals surface area (Å²) in [7, 11) is 0. The summed E-state index contributed by atoms with van der Waals surface area (Å²) in [4.78, 5) is 0. The van der Waals surface area contributed by atoms with Crippen LogP contribution in [0.15, 0.2) is 58.8 Å². The van der Waals surface area contributed by atoms with E-state index in [1.165, 1.54) is 12.1 Å². The van der Waals surface area contributed by atoms with Crippen molar-refractivity contribution < 1.29 is 10.2 Å². The van der Waals surface area contributed by atoms with Gasteiger partial charge < -0.3 is 20.8 Å². The maximum absolute atomic E-state index is 9.54. The SMILES string of the molecule is CC(C)(/N=N/C(C)(C)C(=N)Nc1cccc(O)c1)C(=N)Nc1cccc(O)c1.Cl.Cl. The van der Waals surface area contributed by atoms with Gasteiger partial charge in [0, 0.05) is 23.5 Å². The van der Waals surface area contributed by atoms with Crippen LogP contribution in [-0.2, 0) is 0 Å². The Kier molecular flexibility index (Phi) is 9.78. The zero-order valence-corrected chi connectivity index (χ0v) is 18.9. The molecule has 0 amide bonds. The molecule has 0 heterocycles. The monoisotopic (exact) mass is 454 g/mol. The first-order valence-corrected chi connectivity index (χ1v) is 8.74. The highest BCUT2D eigenvalue weighted by Crippen LogP contribution is 2.22. The van der Waals surface area contributed by atoms with Gasteiger partial charge in [0.15, 0.2) is 0 Å². The lowest BCUT2D eigenvalue weighted by Gasteiger charge is -2.25. The number of amidine groups is 2. The number of nitrogens with one attached hydrogen (secondary N) is 4. The largest absolute Gasteiger partial charge is 0.508 e. The first kappa shape index (κ1) is 27.2. The number of phenols is 2. The molecule has 30 heavy (non-hydrogen) atoms. The van der Waals surface area contributed by atoms with E-state index < -0.39 is 11.1 Å². The van der Waals surface area contributed by atoms with Gasteiger partial charge in [-0.3, -0.25) is 10.8 Å². The third-order valence-electron chi connectivity index (χ3n) is 4.00. The summed E-state index contributed by atoms with van der Waals surface area (Å²) in [6.45, 7) is 6.93. The fraction of sp³-hybridized carbons (Fsp3) is 0.300. The van der Waals surface area contributed by atoms with Crippen molar-refractivity contribution in [1.82, 2.24) is 0 Å². The van der Waals surface area contributed by atoms with E-state index in [4.69, 9.17) is 10.8 Å². The number of nitrogens with zero attached hydrogens (tertiary/aromatic N) is 2. The zero-order valence-electron chi connectivity index (χ0n) is 17.2. The van der Waals surface area contributed by atoms with E-state index in [-0.39, 0.29) is 48.0 Å². The Morgan fingerprint density at radius 2 is 1.07 bits per heavy atom. The minimum Gasteiger partial charge on any atom is -0.508 e. The van der Waals surface area contributed by atoms with Gasteiger partial charge in [0.05, 0.1) is 0 Å². The smallest absolute Gasteiger partial charge is 0.133 e. The molecule has 2 aromatic rings. The van der Waals surface area contributed by atoms with Crippen molar-refractivity contribution in [2.75, 3.05) is 10.6 Å². The van der Waals surface area contributed by atoms with E-state index >= 15 is 0 Å². The first-order valence-electron chi connectivity index (χ1n) is 8.74. The van der Waals surface area contributed by atoms with Gasteiger partial charge in [0.1, 0.15) is 34.2 Å². The molecular weight excluding hydrogens is 427 g/mol. The van der Waals surface area contributed by atoms with E-state index in [0.717, 1.165) is 0 Å². The van der Waals surface area contributed by atoms with Gasteiger partial charge in [-0.25, -0.2) is 0 Å². The van der Waals surface area contributed by atoms with Crippen LogP contribution in [0.2, 0.25) is 0 Å². The molecule has 0 atom stereocenters. The molecule has 2 rings (SSSR count). The van der Waals surface area contributed by atoms with Crippen molar-refractivity contribution in [2.45, 2.75) is 38.8 Å². The molecule has 0 aliphatic rings. The van der Waals surface area contributed by atoms with Gasteiger partial charge in [0.25, 0.3) is 0 Å². The second-order valence-electron chi connectivity index (χ2n) is 7.42. The number of aromatic hydroxyl groups is 2. The molecule has 2 aromatic carbocycles. The molecule has 0 radical (unpaired) electrons. The third-order valence-corrected chi connectivity index (χ3v) is 4.00. The van der Waals surface area contributed by atoms with Crippen molar-refractivity contribution in [3.63, 3.8) is 0 Å². The maximum atomic E-state index is 9.54. The highest BCUT2D eigenvalue weighted by Gasteiger charge is 2.28. The second-order valence-corrected chi connectivity index (χ2v) is 7.42. The number of benzene rings is 2. The van der Waals surface area contributed by atoms with Crippen molar-refractivity contribution >= 4 is 47.9 Å². The van der Waals surface area contributed by atoms with Crippen LogP contribution in [0.5, 0.6) is 11.5 Å².